The summed E-state index contributed by atoms with van der Waals surface area (Å²) in [6.07, 6.45) is 6.51. The van der Waals surface area contributed by atoms with Crippen molar-refractivity contribution in [2.75, 3.05) is 20.2 Å². The molecule has 1 aliphatic rings. The van der Waals surface area contributed by atoms with Crippen LogP contribution in [-0.2, 0) is 16.1 Å². The summed E-state index contributed by atoms with van der Waals surface area (Å²) in [7, 11) is 1.42. The van der Waals surface area contributed by atoms with Crippen LogP contribution in [0.5, 0.6) is 0 Å². The topological polar surface area (TPSA) is 56.2 Å². The predicted molar refractivity (Wildman–Crippen MR) is 63.7 cm³/mol. The lowest BCUT2D eigenvalue weighted by Gasteiger charge is -2.23. The average molecular weight is 237 g/mol. The molecule has 0 bridgehead atoms. The van der Waals surface area contributed by atoms with Gasteiger partial charge in [0.1, 0.15) is 0 Å². The Bertz CT molecular complexity index is 370. The number of rotatable bonds is 4. The number of aromatic nitrogens is 2. The van der Waals surface area contributed by atoms with Crippen molar-refractivity contribution in [2.45, 2.75) is 31.7 Å². The molecule has 0 saturated carbocycles. The van der Waals surface area contributed by atoms with Crippen molar-refractivity contribution in [3.05, 3.63) is 18.2 Å². The van der Waals surface area contributed by atoms with E-state index in [0.717, 1.165) is 13.1 Å². The van der Waals surface area contributed by atoms with E-state index >= 15 is 0 Å². The molecule has 1 aliphatic heterocycles. The average Bonchev–Trinajstić information content (AvgIpc) is 2.85. The van der Waals surface area contributed by atoms with Crippen molar-refractivity contribution in [1.82, 2.24) is 14.9 Å². The second kappa shape index (κ2) is 5.82. The fourth-order valence-corrected chi connectivity index (χ4v) is 2.28. The van der Waals surface area contributed by atoms with Gasteiger partial charge in [-0.2, -0.15) is 0 Å². The number of hydrogen-bond donors (Lipinski definition) is 1. The molecule has 94 valence electrons. The Morgan fingerprint density at radius 1 is 1.71 bits per heavy atom. The third-order valence-electron chi connectivity index (χ3n) is 3.24. The van der Waals surface area contributed by atoms with Gasteiger partial charge in [0, 0.05) is 30.9 Å². The van der Waals surface area contributed by atoms with Crippen LogP contribution in [0, 0.1) is 0 Å². The maximum atomic E-state index is 11.1. The quantitative estimate of drug-likeness (QED) is 0.791. The Balaban J connectivity index is 1.98. The third kappa shape index (κ3) is 3.06. The van der Waals surface area contributed by atoms with E-state index in [4.69, 9.17) is 0 Å². The van der Waals surface area contributed by atoms with Gasteiger partial charge in [-0.15, -0.1) is 0 Å². The Kier molecular flexibility index (Phi) is 4.14. The molecule has 17 heavy (non-hydrogen) atoms. The van der Waals surface area contributed by atoms with Crippen LogP contribution in [0.2, 0.25) is 0 Å². The fraction of sp³-hybridized carbons (Fsp3) is 0.667. The Morgan fingerprint density at radius 2 is 2.59 bits per heavy atom. The molecule has 1 unspecified atom stereocenters. The summed E-state index contributed by atoms with van der Waals surface area (Å²) < 4.78 is 6.71. The highest BCUT2D eigenvalue weighted by atomic mass is 16.5. The van der Waals surface area contributed by atoms with Gasteiger partial charge in [-0.25, -0.2) is 4.98 Å². The number of methoxy groups -OCH3 is 1. The molecule has 0 aliphatic carbocycles. The lowest BCUT2D eigenvalue weighted by Crippen LogP contribution is -2.29. The first kappa shape index (κ1) is 12.1. The van der Waals surface area contributed by atoms with Crippen molar-refractivity contribution in [3.63, 3.8) is 0 Å². The van der Waals surface area contributed by atoms with Crippen LogP contribution < -0.4 is 5.32 Å². The highest BCUT2D eigenvalue weighted by Gasteiger charge is 2.18. The van der Waals surface area contributed by atoms with Gasteiger partial charge in [0.2, 0.25) is 0 Å². The summed E-state index contributed by atoms with van der Waals surface area (Å²) in [5.74, 6) is 0.343. The Labute approximate surface area is 101 Å². The van der Waals surface area contributed by atoms with Crippen LogP contribution in [0.25, 0.3) is 0 Å². The molecule has 0 amide bonds. The molecule has 2 rings (SSSR count). The minimum Gasteiger partial charge on any atom is -0.469 e. The van der Waals surface area contributed by atoms with E-state index in [-0.39, 0.29) is 5.97 Å². The second-order valence-corrected chi connectivity index (χ2v) is 4.38. The predicted octanol–water partition coefficient (Wildman–Crippen LogP) is 0.913. The lowest BCUT2D eigenvalue weighted by atomic mass is 9.96. The van der Waals surface area contributed by atoms with E-state index in [1.165, 1.54) is 25.6 Å². The van der Waals surface area contributed by atoms with Crippen LogP contribution in [0.15, 0.2) is 12.5 Å². The van der Waals surface area contributed by atoms with E-state index < -0.39 is 0 Å². The highest BCUT2D eigenvalue weighted by Crippen LogP contribution is 2.22. The second-order valence-electron chi connectivity index (χ2n) is 4.38. The standard InChI is InChI=1S/C12H19N3O2/c1-17-12(16)4-6-15-9-14-8-11(15)10-3-2-5-13-7-10/h8-10,13H,2-7H2,1H3. The maximum absolute atomic E-state index is 11.1. The molecule has 2 heterocycles. The largest absolute Gasteiger partial charge is 0.469 e. The Hall–Kier alpha value is -1.36. The monoisotopic (exact) mass is 237 g/mol. The van der Waals surface area contributed by atoms with Gasteiger partial charge >= 0.3 is 5.97 Å². The number of nitrogens with zero attached hydrogens (tertiary/aromatic N) is 2. The third-order valence-corrected chi connectivity index (χ3v) is 3.24. The van der Waals surface area contributed by atoms with Gasteiger partial charge in [-0.05, 0) is 19.4 Å². The molecule has 0 radical (unpaired) electrons. The number of esters is 1. The first-order valence-corrected chi connectivity index (χ1v) is 6.09. The maximum Gasteiger partial charge on any atom is 0.307 e. The summed E-state index contributed by atoms with van der Waals surface area (Å²) >= 11 is 0. The normalized spacial score (nSPS) is 20.2. The molecule has 1 atom stereocenters. The van der Waals surface area contributed by atoms with E-state index in [1.54, 1.807) is 6.33 Å². The molecular weight excluding hydrogens is 218 g/mol. The minimum atomic E-state index is -0.175. The fourth-order valence-electron chi connectivity index (χ4n) is 2.28. The SMILES string of the molecule is COC(=O)CCn1cncc1C1CCCNC1. The zero-order valence-corrected chi connectivity index (χ0v) is 10.2. The smallest absolute Gasteiger partial charge is 0.307 e. The first-order valence-electron chi connectivity index (χ1n) is 6.09. The summed E-state index contributed by atoms with van der Waals surface area (Å²) in [6.45, 7) is 2.76. The van der Waals surface area contributed by atoms with Crippen LogP contribution in [0.1, 0.15) is 30.9 Å². The van der Waals surface area contributed by atoms with Gasteiger partial charge in [0.15, 0.2) is 0 Å². The number of carbonyl (C=O) groups excluding carboxylic acids is 1. The number of imidazole rings is 1. The number of ether oxygens (including phenoxy) is 1. The zero-order valence-electron chi connectivity index (χ0n) is 10.2. The molecule has 1 aromatic rings. The molecule has 5 heteroatoms. The van der Waals surface area contributed by atoms with Crippen LogP contribution in [-0.4, -0.2) is 35.7 Å². The number of nitrogens with one attached hydrogen (secondary N) is 1. The summed E-state index contributed by atoms with van der Waals surface area (Å²) in [5, 5.41) is 3.39. The number of piperidine rings is 1. The van der Waals surface area contributed by atoms with E-state index in [9.17, 15) is 4.79 Å². The number of hydrogen-bond acceptors (Lipinski definition) is 4. The molecular formula is C12H19N3O2. The lowest BCUT2D eigenvalue weighted by molar-refractivity contribution is -0.140. The molecule has 0 aromatic carbocycles. The summed E-state index contributed by atoms with van der Waals surface area (Å²) in [4.78, 5) is 15.3. The molecule has 1 N–H and O–H groups in total. The van der Waals surface area contributed by atoms with Crippen molar-refractivity contribution in [1.29, 1.82) is 0 Å². The molecule has 1 saturated heterocycles. The van der Waals surface area contributed by atoms with Crippen molar-refractivity contribution >= 4 is 5.97 Å². The summed E-state index contributed by atoms with van der Waals surface area (Å²) in [5.41, 5.74) is 1.22. The minimum absolute atomic E-state index is 0.175. The van der Waals surface area contributed by atoms with Crippen molar-refractivity contribution in [2.24, 2.45) is 0 Å². The molecule has 1 aromatic heterocycles. The van der Waals surface area contributed by atoms with Gasteiger partial charge < -0.3 is 14.6 Å². The molecule has 5 nitrogen and oxygen atoms in total. The van der Waals surface area contributed by atoms with Gasteiger partial charge in [0.25, 0.3) is 0 Å². The van der Waals surface area contributed by atoms with Gasteiger partial charge in [0.05, 0.1) is 19.9 Å². The summed E-state index contributed by atoms with van der Waals surface area (Å²) in [6, 6.07) is 0. The van der Waals surface area contributed by atoms with Crippen molar-refractivity contribution < 1.29 is 9.53 Å². The first-order chi connectivity index (χ1) is 8.31. The van der Waals surface area contributed by atoms with E-state index in [2.05, 4.69) is 19.6 Å². The zero-order chi connectivity index (χ0) is 12.1. The number of aryl methyl sites for hydroxylation is 1. The Morgan fingerprint density at radius 3 is 3.29 bits per heavy atom. The van der Waals surface area contributed by atoms with E-state index in [1.807, 2.05) is 6.20 Å². The van der Waals surface area contributed by atoms with Crippen LogP contribution in [0.4, 0.5) is 0 Å². The highest BCUT2D eigenvalue weighted by molar-refractivity contribution is 5.68. The van der Waals surface area contributed by atoms with Gasteiger partial charge in [-0.3, -0.25) is 4.79 Å². The van der Waals surface area contributed by atoms with Crippen LogP contribution in [0.3, 0.4) is 0 Å². The van der Waals surface area contributed by atoms with E-state index in [0.29, 0.717) is 18.9 Å². The van der Waals surface area contributed by atoms with Crippen LogP contribution >= 0.6 is 0 Å². The number of carbonyl (C=O) groups is 1. The molecule has 1 fully saturated rings. The van der Waals surface area contributed by atoms with Crippen molar-refractivity contribution in [3.8, 4) is 0 Å². The van der Waals surface area contributed by atoms with Gasteiger partial charge in [-0.1, -0.05) is 0 Å². The molecule has 0 spiro atoms.